The molecule has 0 spiro atoms. The monoisotopic (exact) mass is 365 g/mol. The van der Waals surface area contributed by atoms with Crippen LogP contribution >= 0.6 is 11.6 Å². The number of carbonyl (C=O) groups is 1. The average molecular weight is 366 g/mol. The van der Waals surface area contributed by atoms with Crippen molar-refractivity contribution in [2.45, 2.75) is 13.5 Å². The van der Waals surface area contributed by atoms with Gasteiger partial charge in [-0.2, -0.15) is 0 Å². The van der Waals surface area contributed by atoms with Gasteiger partial charge in [0.25, 0.3) is 5.91 Å². The number of nitrogens with one attached hydrogen (secondary N) is 1. The van der Waals surface area contributed by atoms with Gasteiger partial charge in [0.15, 0.2) is 0 Å². The topological polar surface area (TPSA) is 45.2 Å². The Hall–Kier alpha value is -2.85. The van der Waals surface area contributed by atoms with Crippen LogP contribution in [0.25, 0.3) is 0 Å². The Morgan fingerprint density at radius 2 is 1.81 bits per heavy atom. The van der Waals surface area contributed by atoms with Gasteiger partial charge >= 0.3 is 0 Å². The molecule has 3 aromatic rings. The van der Waals surface area contributed by atoms with Crippen molar-refractivity contribution in [2.75, 3.05) is 16.8 Å². The second-order valence-corrected chi connectivity index (χ2v) is 6.23. The fourth-order valence-corrected chi connectivity index (χ4v) is 2.78. The molecule has 1 aromatic heterocycles. The van der Waals surface area contributed by atoms with Gasteiger partial charge < -0.3 is 10.2 Å². The minimum absolute atomic E-state index is 0.117. The summed E-state index contributed by atoms with van der Waals surface area (Å²) in [7, 11) is 0. The summed E-state index contributed by atoms with van der Waals surface area (Å²) in [5.41, 5.74) is 3.24. The van der Waals surface area contributed by atoms with Gasteiger partial charge in [-0.3, -0.25) is 9.78 Å². The first-order valence-electron chi connectivity index (χ1n) is 8.48. The normalized spacial score (nSPS) is 10.4. The minimum atomic E-state index is -0.117. The van der Waals surface area contributed by atoms with E-state index >= 15 is 0 Å². The molecule has 0 aliphatic heterocycles. The van der Waals surface area contributed by atoms with Crippen molar-refractivity contribution < 1.29 is 4.79 Å². The molecule has 3 rings (SSSR count). The number of anilines is 2. The molecule has 5 heteroatoms. The predicted molar refractivity (Wildman–Crippen MR) is 107 cm³/mol. The van der Waals surface area contributed by atoms with Crippen molar-refractivity contribution in [2.24, 2.45) is 0 Å². The van der Waals surface area contributed by atoms with E-state index in [0.29, 0.717) is 23.8 Å². The van der Waals surface area contributed by atoms with Crippen molar-refractivity contribution in [3.63, 3.8) is 0 Å². The van der Waals surface area contributed by atoms with Crippen LogP contribution in [0.3, 0.4) is 0 Å². The standard InChI is InChI=1S/C21H20ClN3O/c1-2-25(19-6-4-3-5-7-19)21(26)20-14-18(12-13-23-20)24-15-16-8-10-17(22)11-9-16/h3-14H,2,15H2,1H3,(H,23,24). The zero-order chi connectivity index (χ0) is 18.4. The van der Waals surface area contributed by atoms with E-state index in [9.17, 15) is 4.79 Å². The fraction of sp³-hybridized carbons (Fsp3) is 0.143. The van der Waals surface area contributed by atoms with Crippen LogP contribution in [0.15, 0.2) is 72.9 Å². The maximum absolute atomic E-state index is 12.9. The Bertz CT molecular complexity index is 866. The number of hydrogen-bond donors (Lipinski definition) is 1. The van der Waals surface area contributed by atoms with Gasteiger partial charge in [0.2, 0.25) is 0 Å². The lowest BCUT2D eigenvalue weighted by atomic mass is 10.2. The largest absolute Gasteiger partial charge is 0.381 e. The number of aromatic nitrogens is 1. The smallest absolute Gasteiger partial charge is 0.276 e. The summed E-state index contributed by atoms with van der Waals surface area (Å²) in [5.74, 6) is -0.117. The lowest BCUT2D eigenvalue weighted by Crippen LogP contribution is -2.31. The van der Waals surface area contributed by atoms with Gasteiger partial charge in [0, 0.05) is 35.7 Å². The van der Waals surface area contributed by atoms with E-state index in [1.54, 1.807) is 17.2 Å². The lowest BCUT2D eigenvalue weighted by molar-refractivity contribution is 0.0983. The maximum atomic E-state index is 12.9. The second-order valence-electron chi connectivity index (χ2n) is 5.79. The van der Waals surface area contributed by atoms with Gasteiger partial charge in [0.1, 0.15) is 5.69 Å². The summed E-state index contributed by atoms with van der Waals surface area (Å²) in [6.07, 6.45) is 1.65. The first-order valence-corrected chi connectivity index (χ1v) is 8.86. The molecule has 4 nitrogen and oxygen atoms in total. The number of nitrogens with zero attached hydrogens (tertiary/aromatic N) is 2. The van der Waals surface area contributed by atoms with Crippen molar-refractivity contribution >= 4 is 28.9 Å². The summed E-state index contributed by atoms with van der Waals surface area (Å²) < 4.78 is 0. The van der Waals surface area contributed by atoms with E-state index in [4.69, 9.17) is 11.6 Å². The SMILES string of the molecule is CCN(C(=O)c1cc(NCc2ccc(Cl)cc2)ccn1)c1ccccc1. The molecular formula is C21H20ClN3O. The number of carbonyl (C=O) groups excluding carboxylic acids is 1. The molecule has 0 fully saturated rings. The molecular weight excluding hydrogens is 346 g/mol. The number of pyridine rings is 1. The number of rotatable bonds is 6. The fourth-order valence-electron chi connectivity index (χ4n) is 2.65. The summed E-state index contributed by atoms with van der Waals surface area (Å²) in [6.45, 7) is 3.17. The number of hydrogen-bond acceptors (Lipinski definition) is 3. The molecule has 1 N–H and O–H groups in total. The van der Waals surface area contributed by atoms with Gasteiger partial charge in [-0.05, 0) is 48.9 Å². The molecule has 1 amide bonds. The van der Waals surface area contributed by atoms with Crippen molar-refractivity contribution in [3.8, 4) is 0 Å². The Morgan fingerprint density at radius 3 is 2.50 bits per heavy atom. The molecule has 0 aliphatic rings. The third-order valence-corrected chi connectivity index (χ3v) is 4.27. The molecule has 26 heavy (non-hydrogen) atoms. The molecule has 0 unspecified atom stereocenters. The molecule has 0 saturated heterocycles. The lowest BCUT2D eigenvalue weighted by Gasteiger charge is -2.20. The minimum Gasteiger partial charge on any atom is -0.381 e. The van der Waals surface area contributed by atoms with Crippen LogP contribution in [0.1, 0.15) is 23.0 Å². The van der Waals surface area contributed by atoms with Crippen LogP contribution in [0.2, 0.25) is 5.02 Å². The number of para-hydroxylation sites is 1. The molecule has 0 radical (unpaired) electrons. The van der Waals surface area contributed by atoms with Crippen LogP contribution < -0.4 is 10.2 Å². The molecule has 2 aromatic carbocycles. The quantitative estimate of drug-likeness (QED) is 0.667. The van der Waals surface area contributed by atoms with Crippen molar-refractivity contribution in [1.82, 2.24) is 4.98 Å². The van der Waals surface area contributed by atoms with E-state index in [1.807, 2.05) is 67.6 Å². The van der Waals surface area contributed by atoms with Gasteiger partial charge in [-0.1, -0.05) is 41.9 Å². The van der Waals surface area contributed by atoms with Crippen LogP contribution in [-0.2, 0) is 6.54 Å². The number of benzene rings is 2. The molecule has 132 valence electrons. The van der Waals surface area contributed by atoms with E-state index < -0.39 is 0 Å². The first-order chi connectivity index (χ1) is 12.7. The Morgan fingerprint density at radius 1 is 1.08 bits per heavy atom. The summed E-state index contributed by atoms with van der Waals surface area (Å²) in [4.78, 5) is 18.8. The third kappa shape index (κ3) is 4.41. The molecule has 0 atom stereocenters. The molecule has 1 heterocycles. The highest BCUT2D eigenvalue weighted by molar-refractivity contribution is 6.30. The van der Waals surface area contributed by atoms with E-state index in [1.165, 1.54) is 0 Å². The highest BCUT2D eigenvalue weighted by atomic mass is 35.5. The molecule has 0 aliphatic carbocycles. The number of halogens is 1. The summed E-state index contributed by atoms with van der Waals surface area (Å²) >= 11 is 5.91. The average Bonchev–Trinajstić information content (AvgIpc) is 2.69. The Labute approximate surface area is 158 Å². The maximum Gasteiger partial charge on any atom is 0.276 e. The van der Waals surface area contributed by atoms with Crippen molar-refractivity contribution in [1.29, 1.82) is 0 Å². The Kier molecular flexibility index (Phi) is 5.87. The van der Waals surface area contributed by atoms with Gasteiger partial charge in [0.05, 0.1) is 0 Å². The van der Waals surface area contributed by atoms with Crippen molar-refractivity contribution in [3.05, 3.63) is 89.2 Å². The third-order valence-electron chi connectivity index (χ3n) is 4.02. The first kappa shape index (κ1) is 18.0. The van der Waals surface area contributed by atoms with E-state index in [-0.39, 0.29) is 5.91 Å². The van der Waals surface area contributed by atoms with Gasteiger partial charge in [-0.25, -0.2) is 0 Å². The van der Waals surface area contributed by atoms with Crippen LogP contribution in [0, 0.1) is 0 Å². The Balaban J connectivity index is 1.73. The molecule has 0 bridgehead atoms. The summed E-state index contributed by atoms with van der Waals surface area (Å²) in [5, 5.41) is 4.03. The summed E-state index contributed by atoms with van der Waals surface area (Å²) in [6, 6.07) is 20.9. The molecule has 0 saturated carbocycles. The van der Waals surface area contributed by atoms with Crippen LogP contribution in [0.5, 0.6) is 0 Å². The van der Waals surface area contributed by atoms with Crippen LogP contribution in [-0.4, -0.2) is 17.4 Å². The predicted octanol–water partition coefficient (Wildman–Crippen LogP) is 5.01. The zero-order valence-electron chi connectivity index (χ0n) is 14.5. The van der Waals surface area contributed by atoms with Gasteiger partial charge in [-0.15, -0.1) is 0 Å². The highest BCUT2D eigenvalue weighted by Crippen LogP contribution is 2.18. The zero-order valence-corrected chi connectivity index (χ0v) is 15.3. The van der Waals surface area contributed by atoms with Crippen LogP contribution in [0.4, 0.5) is 11.4 Å². The highest BCUT2D eigenvalue weighted by Gasteiger charge is 2.17. The van der Waals surface area contributed by atoms with E-state index in [2.05, 4.69) is 10.3 Å². The number of amides is 1. The van der Waals surface area contributed by atoms with E-state index in [0.717, 1.165) is 16.9 Å². The second kappa shape index (κ2) is 8.50.